The van der Waals surface area contributed by atoms with E-state index in [-0.39, 0.29) is 17.7 Å². The molecular weight excluding hydrogens is 342 g/mol. The fraction of sp³-hybridized carbons (Fsp3) is 0.263. The van der Waals surface area contributed by atoms with Crippen molar-refractivity contribution >= 4 is 17.5 Å². The highest BCUT2D eigenvalue weighted by Crippen LogP contribution is 2.22. The number of benzene rings is 2. The molecule has 26 heavy (non-hydrogen) atoms. The third-order valence-electron chi connectivity index (χ3n) is 3.92. The summed E-state index contributed by atoms with van der Waals surface area (Å²) in [6.07, 6.45) is 0.943. The Balaban J connectivity index is 1.67. The maximum atomic E-state index is 13.2. The van der Waals surface area contributed by atoms with Crippen molar-refractivity contribution in [2.45, 2.75) is 31.9 Å². The smallest absolute Gasteiger partial charge is 0.265 e. The molecular formula is C19H18F2N2O3. The predicted molar refractivity (Wildman–Crippen MR) is 92.0 cm³/mol. The van der Waals surface area contributed by atoms with Gasteiger partial charge >= 0.3 is 0 Å². The quantitative estimate of drug-likeness (QED) is 0.831. The number of hydrogen-bond acceptors (Lipinski definition) is 3. The molecule has 0 saturated heterocycles. The number of rotatable bonds is 6. The summed E-state index contributed by atoms with van der Waals surface area (Å²) in [4.78, 5) is 24.6. The fourth-order valence-electron chi connectivity index (χ4n) is 2.32. The number of hydrogen-bond donors (Lipinski definition) is 2. The van der Waals surface area contributed by atoms with Gasteiger partial charge in [-0.3, -0.25) is 9.59 Å². The molecule has 1 fully saturated rings. The van der Waals surface area contributed by atoms with Crippen LogP contribution in [0.25, 0.3) is 0 Å². The molecule has 1 atom stereocenters. The summed E-state index contributed by atoms with van der Waals surface area (Å²) in [5, 5.41) is 5.50. The number of nitrogens with one attached hydrogen (secondary N) is 2. The first kappa shape index (κ1) is 17.8. The zero-order valence-corrected chi connectivity index (χ0v) is 14.1. The van der Waals surface area contributed by atoms with Gasteiger partial charge in [-0.1, -0.05) is 12.1 Å². The molecule has 2 N–H and O–H groups in total. The van der Waals surface area contributed by atoms with Crippen LogP contribution in [0.3, 0.4) is 0 Å². The van der Waals surface area contributed by atoms with Gasteiger partial charge in [0.25, 0.3) is 11.8 Å². The zero-order chi connectivity index (χ0) is 18.7. The topological polar surface area (TPSA) is 67.4 Å². The third kappa shape index (κ3) is 4.36. The lowest BCUT2D eigenvalue weighted by Gasteiger charge is -2.16. The largest absolute Gasteiger partial charge is 0.481 e. The van der Waals surface area contributed by atoms with Crippen LogP contribution in [0, 0.1) is 11.6 Å². The summed E-state index contributed by atoms with van der Waals surface area (Å²) in [7, 11) is 0. The number of carbonyl (C=O) groups excluding carboxylic acids is 2. The summed E-state index contributed by atoms with van der Waals surface area (Å²) in [6, 6.07) is 9.87. The molecule has 136 valence electrons. The molecule has 2 aromatic carbocycles. The van der Waals surface area contributed by atoms with E-state index in [1.165, 1.54) is 13.0 Å². The minimum atomic E-state index is -1.06. The number of ether oxygens (including phenoxy) is 1. The van der Waals surface area contributed by atoms with Gasteiger partial charge in [-0.2, -0.15) is 0 Å². The summed E-state index contributed by atoms with van der Waals surface area (Å²) >= 11 is 0. The van der Waals surface area contributed by atoms with Gasteiger partial charge in [-0.15, -0.1) is 0 Å². The summed E-state index contributed by atoms with van der Waals surface area (Å²) < 4.78 is 31.5. The van der Waals surface area contributed by atoms with Crippen molar-refractivity contribution in [1.82, 2.24) is 5.32 Å². The lowest BCUT2D eigenvalue weighted by atomic mass is 10.1. The summed E-state index contributed by atoms with van der Waals surface area (Å²) in [6.45, 7) is 1.48. The van der Waals surface area contributed by atoms with Crippen LogP contribution in [0.5, 0.6) is 5.75 Å². The zero-order valence-electron chi connectivity index (χ0n) is 14.1. The molecule has 1 unspecified atom stereocenters. The predicted octanol–water partition coefficient (Wildman–Crippen LogP) is 3.26. The Morgan fingerprint density at radius 2 is 1.85 bits per heavy atom. The molecule has 0 radical (unpaired) electrons. The highest BCUT2D eigenvalue weighted by Gasteiger charge is 2.25. The van der Waals surface area contributed by atoms with E-state index < -0.39 is 23.6 Å². The van der Waals surface area contributed by atoms with Gasteiger partial charge in [0.05, 0.1) is 11.3 Å². The second-order valence-corrected chi connectivity index (χ2v) is 6.12. The Morgan fingerprint density at radius 1 is 1.12 bits per heavy atom. The number of carbonyl (C=O) groups is 2. The standard InChI is InChI=1S/C19H18F2N2O3/c1-11(26-13-8-9-15(20)16(21)10-13)18(24)23-17-5-3-2-4-14(17)19(25)22-12-6-7-12/h2-5,8-12H,6-7H2,1H3,(H,22,25)(H,23,24). The molecule has 0 aromatic heterocycles. The molecule has 7 heteroatoms. The van der Waals surface area contributed by atoms with Crippen LogP contribution in [-0.2, 0) is 4.79 Å². The molecule has 1 aliphatic rings. The maximum Gasteiger partial charge on any atom is 0.265 e. The number of anilines is 1. The van der Waals surface area contributed by atoms with Crippen LogP contribution in [0.1, 0.15) is 30.1 Å². The van der Waals surface area contributed by atoms with Crippen LogP contribution in [0.15, 0.2) is 42.5 Å². The van der Waals surface area contributed by atoms with Crippen LogP contribution >= 0.6 is 0 Å². The number of para-hydroxylation sites is 1. The fourth-order valence-corrected chi connectivity index (χ4v) is 2.32. The van der Waals surface area contributed by atoms with Crippen molar-refractivity contribution < 1.29 is 23.1 Å². The Morgan fingerprint density at radius 3 is 2.54 bits per heavy atom. The first-order valence-electron chi connectivity index (χ1n) is 8.26. The van der Waals surface area contributed by atoms with E-state index >= 15 is 0 Å². The van der Waals surface area contributed by atoms with Crippen LogP contribution < -0.4 is 15.4 Å². The molecule has 3 rings (SSSR count). The first-order valence-corrected chi connectivity index (χ1v) is 8.26. The van der Waals surface area contributed by atoms with E-state index in [1.54, 1.807) is 24.3 Å². The lowest BCUT2D eigenvalue weighted by Crippen LogP contribution is -2.32. The molecule has 0 heterocycles. The van der Waals surface area contributed by atoms with Gasteiger partial charge in [-0.25, -0.2) is 8.78 Å². The van der Waals surface area contributed by atoms with Crippen molar-refractivity contribution in [3.05, 3.63) is 59.7 Å². The molecule has 0 bridgehead atoms. The average molecular weight is 360 g/mol. The Labute approximate surface area is 149 Å². The van der Waals surface area contributed by atoms with E-state index in [2.05, 4.69) is 10.6 Å². The van der Waals surface area contributed by atoms with Gasteiger partial charge in [-0.05, 0) is 44.0 Å². The van der Waals surface area contributed by atoms with E-state index in [0.717, 1.165) is 25.0 Å². The van der Waals surface area contributed by atoms with E-state index in [1.807, 2.05) is 0 Å². The lowest BCUT2D eigenvalue weighted by molar-refractivity contribution is -0.122. The van der Waals surface area contributed by atoms with E-state index in [4.69, 9.17) is 4.74 Å². The van der Waals surface area contributed by atoms with Gasteiger partial charge in [0.2, 0.25) is 0 Å². The highest BCUT2D eigenvalue weighted by atomic mass is 19.2. The average Bonchev–Trinajstić information content (AvgIpc) is 3.42. The Hall–Kier alpha value is -2.96. The van der Waals surface area contributed by atoms with Crippen LogP contribution in [0.4, 0.5) is 14.5 Å². The van der Waals surface area contributed by atoms with Gasteiger partial charge in [0, 0.05) is 12.1 Å². The van der Waals surface area contributed by atoms with Crippen molar-refractivity contribution in [2.75, 3.05) is 5.32 Å². The summed E-state index contributed by atoms with van der Waals surface area (Å²) in [5.74, 6) is -2.78. The molecule has 1 aliphatic carbocycles. The Bertz CT molecular complexity index is 837. The molecule has 0 aliphatic heterocycles. The normalized spacial score (nSPS) is 14.4. The van der Waals surface area contributed by atoms with Gasteiger partial charge in [0.15, 0.2) is 17.7 Å². The van der Waals surface area contributed by atoms with Crippen LogP contribution in [0.2, 0.25) is 0 Å². The first-order chi connectivity index (χ1) is 12.4. The monoisotopic (exact) mass is 360 g/mol. The molecule has 5 nitrogen and oxygen atoms in total. The van der Waals surface area contributed by atoms with Crippen LogP contribution in [-0.4, -0.2) is 24.0 Å². The van der Waals surface area contributed by atoms with Crippen molar-refractivity contribution in [2.24, 2.45) is 0 Å². The second-order valence-electron chi connectivity index (χ2n) is 6.12. The molecule has 2 aromatic rings. The second kappa shape index (κ2) is 7.51. The minimum Gasteiger partial charge on any atom is -0.481 e. The van der Waals surface area contributed by atoms with E-state index in [0.29, 0.717) is 11.3 Å². The van der Waals surface area contributed by atoms with Crippen molar-refractivity contribution in [3.63, 3.8) is 0 Å². The van der Waals surface area contributed by atoms with Gasteiger partial charge < -0.3 is 15.4 Å². The Kier molecular flexibility index (Phi) is 5.16. The molecule has 2 amide bonds. The van der Waals surface area contributed by atoms with Gasteiger partial charge in [0.1, 0.15) is 5.75 Å². The summed E-state index contributed by atoms with van der Waals surface area (Å²) in [5.41, 5.74) is 0.712. The SMILES string of the molecule is CC(Oc1ccc(F)c(F)c1)C(=O)Nc1ccccc1C(=O)NC1CC1. The number of amides is 2. The highest BCUT2D eigenvalue weighted by molar-refractivity contribution is 6.04. The number of halogens is 2. The molecule has 1 saturated carbocycles. The third-order valence-corrected chi connectivity index (χ3v) is 3.92. The van der Waals surface area contributed by atoms with Crippen molar-refractivity contribution in [1.29, 1.82) is 0 Å². The molecule has 0 spiro atoms. The van der Waals surface area contributed by atoms with E-state index in [9.17, 15) is 18.4 Å². The van der Waals surface area contributed by atoms with Crippen molar-refractivity contribution in [3.8, 4) is 5.75 Å². The minimum absolute atomic E-state index is 0.0336. The maximum absolute atomic E-state index is 13.2.